The zero-order valence-electron chi connectivity index (χ0n) is 21.4. The normalized spacial score (nSPS) is 12.6. The molecule has 0 spiro atoms. The highest BCUT2D eigenvalue weighted by Crippen LogP contribution is 2.19. The largest absolute Gasteiger partial charge is 0.496 e. The summed E-state index contributed by atoms with van der Waals surface area (Å²) >= 11 is 0. The van der Waals surface area contributed by atoms with Gasteiger partial charge in [0.1, 0.15) is 19.0 Å². The fourth-order valence-electron chi connectivity index (χ4n) is 3.18. The number of hydrogen-bond acceptors (Lipinski definition) is 9. The maximum atomic E-state index is 12.3. The first-order valence-corrected chi connectivity index (χ1v) is 11.5. The summed E-state index contributed by atoms with van der Waals surface area (Å²) in [6.07, 6.45) is 0.531. The second-order valence-electron chi connectivity index (χ2n) is 7.95. The average molecular weight is 494 g/mol. The highest BCUT2D eigenvalue weighted by Gasteiger charge is 2.14. The molecular formula is C25H31N7O4. The van der Waals surface area contributed by atoms with E-state index in [1.807, 2.05) is 50.2 Å². The highest BCUT2D eigenvalue weighted by atomic mass is 16.6. The van der Waals surface area contributed by atoms with E-state index in [-0.39, 0.29) is 18.9 Å². The van der Waals surface area contributed by atoms with Gasteiger partial charge in [0.2, 0.25) is 5.90 Å². The number of tetrazole rings is 1. The lowest BCUT2D eigenvalue weighted by atomic mass is 10.1. The van der Waals surface area contributed by atoms with Gasteiger partial charge in [0.05, 0.1) is 24.2 Å². The second kappa shape index (κ2) is 12.4. The van der Waals surface area contributed by atoms with Crippen LogP contribution in [0.5, 0.6) is 5.75 Å². The Morgan fingerprint density at radius 3 is 2.47 bits per heavy atom. The second-order valence-corrected chi connectivity index (χ2v) is 7.95. The molecule has 2 aromatic carbocycles. The molecule has 1 heterocycles. The third-order valence-corrected chi connectivity index (χ3v) is 5.47. The number of oxime groups is 1. The molecule has 0 aliphatic rings. The van der Waals surface area contributed by atoms with Crippen LogP contribution in [0.2, 0.25) is 0 Å². The molecule has 190 valence electrons. The monoisotopic (exact) mass is 493 g/mol. The minimum absolute atomic E-state index is 0.196. The van der Waals surface area contributed by atoms with Crippen molar-refractivity contribution < 1.29 is 14.3 Å². The van der Waals surface area contributed by atoms with Crippen molar-refractivity contribution in [3.05, 3.63) is 69.6 Å². The van der Waals surface area contributed by atoms with E-state index in [1.165, 1.54) is 9.36 Å². The van der Waals surface area contributed by atoms with Gasteiger partial charge in [0.25, 0.3) is 0 Å². The number of hydrogen-bond donors (Lipinski definition) is 0. The Kier molecular flexibility index (Phi) is 9.09. The van der Waals surface area contributed by atoms with Crippen LogP contribution in [-0.2, 0) is 29.8 Å². The number of rotatable bonds is 10. The van der Waals surface area contributed by atoms with Gasteiger partial charge in [0.15, 0.2) is 0 Å². The van der Waals surface area contributed by atoms with Gasteiger partial charge in [-0.2, -0.15) is 14.5 Å². The zero-order valence-corrected chi connectivity index (χ0v) is 21.4. The molecule has 11 nitrogen and oxygen atoms in total. The molecule has 0 amide bonds. The summed E-state index contributed by atoms with van der Waals surface area (Å²) in [7, 11) is 3.17. The van der Waals surface area contributed by atoms with Crippen LogP contribution in [0.15, 0.2) is 62.6 Å². The lowest BCUT2D eigenvalue weighted by molar-refractivity contribution is 0.129. The van der Waals surface area contributed by atoms with Crippen molar-refractivity contribution in [2.24, 2.45) is 22.4 Å². The number of aryl methyl sites for hydroxylation is 2. The van der Waals surface area contributed by atoms with Gasteiger partial charge in [-0.25, -0.2) is 4.79 Å². The molecule has 0 aliphatic heterocycles. The fraction of sp³-hybridized carbons (Fsp3) is 0.360. The van der Waals surface area contributed by atoms with Crippen molar-refractivity contribution in [1.29, 1.82) is 0 Å². The Labute approximate surface area is 209 Å². The zero-order chi connectivity index (χ0) is 26.1. The van der Waals surface area contributed by atoms with Crippen molar-refractivity contribution in [2.75, 3.05) is 7.11 Å². The van der Waals surface area contributed by atoms with Crippen LogP contribution in [-0.4, -0.2) is 44.2 Å². The molecule has 0 N–H and O–H groups in total. The first-order valence-electron chi connectivity index (χ1n) is 11.5. The standard InChI is InChI=1S/C25H31N7O4/c1-7-24(27-26-18(3)19(4)28-36-15-20-12-8-9-14-23(20)34-6)35-16-21-17(2)11-10-13-22(21)32-25(33)31(5)29-30-32/h8-14H,7,15-16H2,1-6H3/b26-18?,27-24?,28-19+. The lowest BCUT2D eigenvalue weighted by Crippen LogP contribution is -2.23. The molecule has 36 heavy (non-hydrogen) atoms. The van der Waals surface area contributed by atoms with Crippen LogP contribution in [0.25, 0.3) is 5.69 Å². The molecule has 3 aromatic rings. The molecule has 0 saturated heterocycles. The van der Waals surface area contributed by atoms with E-state index in [0.29, 0.717) is 29.4 Å². The number of benzene rings is 2. The van der Waals surface area contributed by atoms with Gasteiger partial charge < -0.3 is 14.3 Å². The van der Waals surface area contributed by atoms with Crippen molar-refractivity contribution in [1.82, 2.24) is 19.8 Å². The van der Waals surface area contributed by atoms with Gasteiger partial charge in [-0.15, -0.1) is 5.10 Å². The van der Waals surface area contributed by atoms with E-state index in [9.17, 15) is 4.79 Å². The molecule has 0 radical (unpaired) electrons. The summed E-state index contributed by atoms with van der Waals surface area (Å²) in [5.41, 5.74) is 4.11. The number of ether oxygens (including phenoxy) is 2. The molecule has 11 heteroatoms. The predicted octanol–water partition coefficient (Wildman–Crippen LogP) is 3.58. The van der Waals surface area contributed by atoms with Gasteiger partial charge in [0, 0.05) is 24.6 Å². The number of para-hydroxylation sites is 1. The molecule has 0 saturated carbocycles. The Morgan fingerprint density at radius 2 is 1.78 bits per heavy atom. The van der Waals surface area contributed by atoms with Gasteiger partial charge in [-0.05, 0) is 48.9 Å². The van der Waals surface area contributed by atoms with Crippen molar-refractivity contribution in [3.8, 4) is 11.4 Å². The Bertz CT molecular complexity index is 1340. The lowest BCUT2D eigenvalue weighted by Gasteiger charge is -2.13. The van der Waals surface area contributed by atoms with Crippen LogP contribution in [0, 0.1) is 6.92 Å². The molecule has 0 unspecified atom stereocenters. The minimum Gasteiger partial charge on any atom is -0.496 e. The highest BCUT2D eigenvalue weighted by molar-refractivity contribution is 6.40. The topological polar surface area (TPSA) is 117 Å². The van der Waals surface area contributed by atoms with Crippen molar-refractivity contribution in [3.63, 3.8) is 0 Å². The van der Waals surface area contributed by atoms with Crippen LogP contribution >= 0.6 is 0 Å². The van der Waals surface area contributed by atoms with Crippen LogP contribution < -0.4 is 10.4 Å². The fourth-order valence-corrected chi connectivity index (χ4v) is 3.18. The average Bonchev–Trinajstić information content (AvgIpc) is 3.22. The molecule has 0 aliphatic carbocycles. The maximum absolute atomic E-state index is 12.3. The summed E-state index contributed by atoms with van der Waals surface area (Å²) < 4.78 is 13.7. The first kappa shape index (κ1) is 26.3. The van der Waals surface area contributed by atoms with Crippen LogP contribution in [0.1, 0.15) is 43.9 Å². The third kappa shape index (κ3) is 6.44. The smallest absolute Gasteiger partial charge is 0.368 e. The Morgan fingerprint density at radius 1 is 1.00 bits per heavy atom. The molecule has 0 atom stereocenters. The van der Waals surface area contributed by atoms with Gasteiger partial charge >= 0.3 is 5.69 Å². The van der Waals surface area contributed by atoms with Gasteiger partial charge in [-0.3, -0.25) is 0 Å². The van der Waals surface area contributed by atoms with E-state index in [4.69, 9.17) is 14.3 Å². The SMILES string of the molecule is CCC(=NN=C(C)/C(C)=N/OCc1ccccc1OC)OCc1c(C)cccc1-n1nnn(C)c1=O. The quantitative estimate of drug-likeness (QED) is 0.242. The summed E-state index contributed by atoms with van der Waals surface area (Å²) in [4.78, 5) is 17.8. The van der Waals surface area contributed by atoms with E-state index in [0.717, 1.165) is 22.4 Å². The third-order valence-electron chi connectivity index (χ3n) is 5.47. The molecule has 1 aromatic heterocycles. The van der Waals surface area contributed by atoms with E-state index in [1.54, 1.807) is 34.1 Å². The van der Waals surface area contributed by atoms with Crippen molar-refractivity contribution in [2.45, 2.75) is 47.3 Å². The van der Waals surface area contributed by atoms with Crippen LogP contribution in [0.4, 0.5) is 0 Å². The van der Waals surface area contributed by atoms with Crippen LogP contribution in [0.3, 0.4) is 0 Å². The number of aromatic nitrogens is 4. The first-order chi connectivity index (χ1) is 17.3. The van der Waals surface area contributed by atoms with Gasteiger partial charge in [-0.1, -0.05) is 42.4 Å². The van der Waals surface area contributed by atoms with E-state index >= 15 is 0 Å². The Balaban J connectivity index is 1.68. The molecule has 3 rings (SSSR count). The van der Waals surface area contributed by atoms with E-state index in [2.05, 4.69) is 25.8 Å². The summed E-state index contributed by atoms with van der Waals surface area (Å²) in [6.45, 7) is 7.92. The number of nitrogens with zero attached hydrogens (tertiary/aromatic N) is 7. The number of methoxy groups -OCH3 is 1. The summed E-state index contributed by atoms with van der Waals surface area (Å²) in [6, 6.07) is 13.2. The van der Waals surface area contributed by atoms with E-state index < -0.39 is 0 Å². The minimum atomic E-state index is -0.339. The molecule has 0 fully saturated rings. The predicted molar refractivity (Wildman–Crippen MR) is 138 cm³/mol. The Hall–Kier alpha value is -4.28. The maximum Gasteiger partial charge on any atom is 0.368 e. The van der Waals surface area contributed by atoms with Crippen molar-refractivity contribution >= 4 is 17.3 Å². The molecule has 0 bridgehead atoms. The summed E-state index contributed by atoms with van der Waals surface area (Å²) in [5.74, 6) is 1.18. The molecular weight excluding hydrogens is 462 g/mol. The summed E-state index contributed by atoms with van der Waals surface area (Å²) in [5, 5.41) is 20.4.